The molecule has 2 heterocycles. The zero-order valence-corrected chi connectivity index (χ0v) is 12.3. The molecule has 116 valence electrons. The van der Waals surface area contributed by atoms with Gasteiger partial charge >= 0.3 is 0 Å². The molecular weight excluding hydrogens is 280 g/mol. The van der Waals surface area contributed by atoms with E-state index in [1.165, 1.54) is 11.8 Å². The van der Waals surface area contributed by atoms with Crippen LogP contribution in [0.25, 0.3) is 0 Å². The van der Waals surface area contributed by atoms with E-state index in [2.05, 4.69) is 22.3 Å². The monoisotopic (exact) mass is 300 g/mol. The maximum Gasteiger partial charge on any atom is 0.287 e. The van der Waals surface area contributed by atoms with Crippen LogP contribution in [-0.4, -0.2) is 41.7 Å². The molecule has 1 amide bonds. The second-order valence-corrected chi connectivity index (χ2v) is 5.68. The van der Waals surface area contributed by atoms with E-state index < -0.39 is 0 Å². The molecular formula is C17H20N2O3. The quantitative estimate of drug-likeness (QED) is 0.878. The lowest BCUT2D eigenvalue weighted by molar-refractivity contribution is 0.0893. The molecule has 0 aliphatic carbocycles. The fraction of sp³-hybridized carbons (Fsp3) is 0.353. The summed E-state index contributed by atoms with van der Waals surface area (Å²) in [6, 6.07) is 13.5. The lowest BCUT2D eigenvalue weighted by Crippen LogP contribution is -2.41. The number of benzene rings is 1. The summed E-state index contributed by atoms with van der Waals surface area (Å²) >= 11 is 0. The maximum absolute atomic E-state index is 12.1. The van der Waals surface area contributed by atoms with Crippen LogP contribution in [0, 0.1) is 5.92 Å². The molecule has 5 heteroatoms. The Bertz CT molecular complexity index is 598. The summed E-state index contributed by atoms with van der Waals surface area (Å²) in [5.74, 6) is 0.121. The van der Waals surface area contributed by atoms with Crippen LogP contribution in [0.15, 0.2) is 53.1 Å². The predicted octanol–water partition coefficient (Wildman–Crippen LogP) is 1.50. The second kappa shape index (κ2) is 6.77. The predicted molar refractivity (Wildman–Crippen MR) is 82.3 cm³/mol. The minimum absolute atomic E-state index is 0.0441. The van der Waals surface area contributed by atoms with Gasteiger partial charge in [-0.2, -0.15) is 0 Å². The summed E-state index contributed by atoms with van der Waals surface area (Å²) in [7, 11) is 0. The molecule has 0 saturated carbocycles. The zero-order valence-electron chi connectivity index (χ0n) is 12.3. The number of likely N-dealkylation sites (tertiary alicyclic amines) is 1. The Balaban J connectivity index is 1.61. The summed E-state index contributed by atoms with van der Waals surface area (Å²) in [6.07, 6.45) is 1.48. The largest absolute Gasteiger partial charge is 0.459 e. The van der Waals surface area contributed by atoms with Gasteiger partial charge in [0.25, 0.3) is 5.91 Å². The molecule has 2 atom stereocenters. The lowest BCUT2D eigenvalue weighted by atomic mass is 10.1. The SMILES string of the molecule is O=C(N[C@@H]1CN(Cc2ccccc2)C[C@H]1CO)c1ccco1. The van der Waals surface area contributed by atoms with Crippen molar-refractivity contribution in [1.29, 1.82) is 0 Å². The normalized spacial score (nSPS) is 21.9. The molecule has 2 aromatic rings. The van der Waals surface area contributed by atoms with Crippen LogP contribution in [0.1, 0.15) is 16.1 Å². The first-order valence-corrected chi connectivity index (χ1v) is 7.48. The first-order valence-electron chi connectivity index (χ1n) is 7.48. The molecule has 5 nitrogen and oxygen atoms in total. The number of carbonyl (C=O) groups excluding carboxylic acids is 1. The van der Waals surface area contributed by atoms with Crippen molar-refractivity contribution in [1.82, 2.24) is 10.2 Å². The van der Waals surface area contributed by atoms with Gasteiger partial charge < -0.3 is 14.8 Å². The third-order valence-electron chi connectivity index (χ3n) is 4.06. The standard InChI is InChI=1S/C17H20N2O3/c20-12-14-10-19(9-13-5-2-1-3-6-13)11-15(14)18-17(21)16-7-4-8-22-16/h1-8,14-15,20H,9-12H2,(H,18,21)/t14-,15+/m0/s1. The Labute approximate surface area is 129 Å². The lowest BCUT2D eigenvalue weighted by Gasteiger charge is -2.17. The number of aliphatic hydroxyl groups is 1. The van der Waals surface area contributed by atoms with Gasteiger partial charge in [0.15, 0.2) is 5.76 Å². The number of hydrogen-bond donors (Lipinski definition) is 2. The molecule has 0 radical (unpaired) electrons. The highest BCUT2D eigenvalue weighted by atomic mass is 16.3. The summed E-state index contributed by atoms with van der Waals surface area (Å²) < 4.78 is 5.11. The smallest absolute Gasteiger partial charge is 0.287 e. The van der Waals surface area contributed by atoms with Crippen LogP contribution in [0.5, 0.6) is 0 Å². The Morgan fingerprint density at radius 3 is 2.73 bits per heavy atom. The van der Waals surface area contributed by atoms with Crippen molar-refractivity contribution in [3.63, 3.8) is 0 Å². The van der Waals surface area contributed by atoms with Crippen molar-refractivity contribution in [3.8, 4) is 0 Å². The minimum atomic E-state index is -0.227. The summed E-state index contributed by atoms with van der Waals surface area (Å²) in [4.78, 5) is 14.3. The molecule has 1 saturated heterocycles. The van der Waals surface area contributed by atoms with Gasteiger partial charge in [-0.25, -0.2) is 0 Å². The number of rotatable bonds is 5. The van der Waals surface area contributed by atoms with Gasteiger partial charge in [-0.3, -0.25) is 9.69 Å². The third-order valence-corrected chi connectivity index (χ3v) is 4.06. The van der Waals surface area contributed by atoms with Crippen molar-refractivity contribution >= 4 is 5.91 Å². The van der Waals surface area contributed by atoms with E-state index in [1.807, 2.05) is 18.2 Å². The first-order chi connectivity index (χ1) is 10.8. The highest BCUT2D eigenvalue weighted by Gasteiger charge is 2.33. The van der Waals surface area contributed by atoms with E-state index in [1.54, 1.807) is 12.1 Å². The Kier molecular flexibility index (Phi) is 4.56. The van der Waals surface area contributed by atoms with Gasteiger partial charge in [-0.15, -0.1) is 0 Å². The molecule has 3 rings (SSSR count). The average Bonchev–Trinajstić information content (AvgIpc) is 3.18. The van der Waals surface area contributed by atoms with E-state index >= 15 is 0 Å². The molecule has 1 aromatic heterocycles. The van der Waals surface area contributed by atoms with Crippen molar-refractivity contribution in [3.05, 3.63) is 60.1 Å². The summed E-state index contributed by atoms with van der Waals surface area (Å²) in [5.41, 5.74) is 1.23. The molecule has 1 aliphatic rings. The Morgan fingerprint density at radius 1 is 1.23 bits per heavy atom. The Morgan fingerprint density at radius 2 is 2.05 bits per heavy atom. The highest BCUT2D eigenvalue weighted by Crippen LogP contribution is 2.19. The fourth-order valence-corrected chi connectivity index (χ4v) is 2.93. The summed E-state index contributed by atoms with van der Waals surface area (Å²) in [6.45, 7) is 2.39. The van der Waals surface area contributed by atoms with Crippen molar-refractivity contribution in [2.45, 2.75) is 12.6 Å². The van der Waals surface area contributed by atoms with Gasteiger partial charge in [0, 0.05) is 38.2 Å². The maximum atomic E-state index is 12.1. The van der Waals surface area contributed by atoms with Gasteiger partial charge in [0.2, 0.25) is 0 Å². The number of nitrogens with one attached hydrogen (secondary N) is 1. The first kappa shape index (κ1) is 14.8. The molecule has 0 unspecified atom stereocenters. The molecule has 1 aliphatic heterocycles. The van der Waals surface area contributed by atoms with Crippen molar-refractivity contribution < 1.29 is 14.3 Å². The Hall–Kier alpha value is -2.11. The minimum Gasteiger partial charge on any atom is -0.459 e. The van der Waals surface area contributed by atoms with E-state index in [4.69, 9.17) is 4.42 Å². The fourth-order valence-electron chi connectivity index (χ4n) is 2.93. The molecule has 0 spiro atoms. The molecule has 1 fully saturated rings. The molecule has 2 N–H and O–H groups in total. The van der Waals surface area contributed by atoms with E-state index in [-0.39, 0.29) is 24.5 Å². The van der Waals surface area contributed by atoms with Crippen LogP contribution in [-0.2, 0) is 6.54 Å². The van der Waals surface area contributed by atoms with Crippen molar-refractivity contribution in [2.24, 2.45) is 5.92 Å². The van der Waals surface area contributed by atoms with Crippen LogP contribution in [0.3, 0.4) is 0 Å². The van der Waals surface area contributed by atoms with Crippen molar-refractivity contribution in [2.75, 3.05) is 19.7 Å². The van der Waals surface area contributed by atoms with E-state index in [9.17, 15) is 9.90 Å². The number of carbonyl (C=O) groups is 1. The average molecular weight is 300 g/mol. The second-order valence-electron chi connectivity index (χ2n) is 5.68. The van der Waals surface area contributed by atoms with Crippen LogP contribution < -0.4 is 5.32 Å². The van der Waals surface area contributed by atoms with Gasteiger partial charge in [0.05, 0.1) is 6.26 Å². The van der Waals surface area contributed by atoms with E-state index in [0.29, 0.717) is 5.76 Å². The molecule has 0 bridgehead atoms. The number of amides is 1. The van der Waals surface area contributed by atoms with Gasteiger partial charge in [-0.05, 0) is 17.7 Å². The van der Waals surface area contributed by atoms with Crippen LogP contribution >= 0.6 is 0 Å². The number of aliphatic hydroxyl groups excluding tert-OH is 1. The number of nitrogens with zero attached hydrogens (tertiary/aromatic N) is 1. The highest BCUT2D eigenvalue weighted by molar-refractivity contribution is 5.91. The summed E-state index contributed by atoms with van der Waals surface area (Å²) in [5, 5.41) is 12.5. The van der Waals surface area contributed by atoms with Gasteiger partial charge in [-0.1, -0.05) is 30.3 Å². The van der Waals surface area contributed by atoms with Crippen LogP contribution in [0.2, 0.25) is 0 Å². The topological polar surface area (TPSA) is 65.7 Å². The van der Waals surface area contributed by atoms with Crippen LogP contribution in [0.4, 0.5) is 0 Å². The third kappa shape index (κ3) is 3.37. The molecule has 22 heavy (non-hydrogen) atoms. The number of hydrogen-bond acceptors (Lipinski definition) is 4. The number of furan rings is 1. The van der Waals surface area contributed by atoms with E-state index in [0.717, 1.165) is 19.6 Å². The zero-order chi connectivity index (χ0) is 15.4. The van der Waals surface area contributed by atoms with Gasteiger partial charge in [0.1, 0.15) is 0 Å². The molecule has 1 aromatic carbocycles.